The molecule has 3 aromatic rings. The Morgan fingerprint density at radius 1 is 1.13 bits per heavy atom. The molecule has 1 saturated carbocycles. The maximum Gasteiger partial charge on any atom is 0.435 e. The number of halogens is 3. The van der Waals surface area contributed by atoms with E-state index in [1.54, 1.807) is 30.3 Å². The van der Waals surface area contributed by atoms with Crippen LogP contribution >= 0.6 is 11.3 Å². The van der Waals surface area contributed by atoms with Gasteiger partial charge in [-0.05, 0) is 31.0 Å². The van der Waals surface area contributed by atoms with E-state index < -0.39 is 17.8 Å². The highest BCUT2D eigenvalue weighted by molar-refractivity contribution is 7.20. The van der Waals surface area contributed by atoms with Crippen LogP contribution in [0.15, 0.2) is 36.4 Å². The summed E-state index contributed by atoms with van der Waals surface area (Å²) < 4.78 is 41.6. The van der Waals surface area contributed by atoms with Crippen molar-refractivity contribution in [3.05, 3.63) is 47.0 Å². The average molecular weight is 436 g/mol. The number of nitrogens with zero attached hydrogens (tertiary/aromatic N) is 2. The van der Waals surface area contributed by atoms with Gasteiger partial charge in [0.25, 0.3) is 5.91 Å². The van der Waals surface area contributed by atoms with Crippen LogP contribution in [0.1, 0.15) is 34.6 Å². The highest BCUT2D eigenvalue weighted by Crippen LogP contribution is 2.38. The number of rotatable bonds is 6. The molecule has 0 saturated heterocycles. The summed E-state index contributed by atoms with van der Waals surface area (Å²) in [7, 11) is 0. The van der Waals surface area contributed by atoms with E-state index in [9.17, 15) is 22.8 Å². The van der Waals surface area contributed by atoms with E-state index in [1.165, 1.54) is 10.7 Å². The Morgan fingerprint density at radius 2 is 1.83 bits per heavy atom. The minimum absolute atomic E-state index is 0.0184. The van der Waals surface area contributed by atoms with Crippen molar-refractivity contribution in [2.45, 2.75) is 25.4 Å². The molecule has 2 amide bonds. The van der Waals surface area contributed by atoms with Crippen molar-refractivity contribution < 1.29 is 22.8 Å². The number of nitrogens with one attached hydrogen (secondary N) is 2. The molecule has 0 radical (unpaired) electrons. The van der Waals surface area contributed by atoms with Crippen LogP contribution in [0, 0.1) is 5.92 Å². The fourth-order valence-corrected chi connectivity index (χ4v) is 4.28. The van der Waals surface area contributed by atoms with Gasteiger partial charge in [-0.3, -0.25) is 9.59 Å². The molecule has 1 aliphatic rings. The van der Waals surface area contributed by atoms with Crippen LogP contribution in [0.3, 0.4) is 0 Å². The van der Waals surface area contributed by atoms with Gasteiger partial charge in [0.05, 0.1) is 10.6 Å². The lowest BCUT2D eigenvalue weighted by molar-refractivity contribution is -0.140. The van der Waals surface area contributed by atoms with E-state index in [-0.39, 0.29) is 40.0 Å². The molecular formula is C20H19F3N4O2S. The number of para-hydroxylation sites is 1. The number of alkyl halides is 3. The van der Waals surface area contributed by atoms with Crippen molar-refractivity contribution in [1.29, 1.82) is 0 Å². The highest BCUT2D eigenvalue weighted by Gasteiger charge is 2.38. The van der Waals surface area contributed by atoms with Crippen molar-refractivity contribution >= 4 is 33.4 Å². The molecule has 6 nitrogen and oxygen atoms in total. The molecule has 0 atom stereocenters. The van der Waals surface area contributed by atoms with Gasteiger partial charge in [0.1, 0.15) is 4.83 Å². The Kier molecular flexibility index (Phi) is 5.50. The van der Waals surface area contributed by atoms with Crippen LogP contribution in [0.25, 0.3) is 15.9 Å². The minimum atomic E-state index is -4.64. The van der Waals surface area contributed by atoms with Gasteiger partial charge in [-0.15, -0.1) is 11.3 Å². The third-order valence-electron chi connectivity index (χ3n) is 5.04. The fraction of sp³-hybridized carbons (Fsp3) is 0.350. The molecule has 1 fully saturated rings. The number of benzene rings is 1. The summed E-state index contributed by atoms with van der Waals surface area (Å²) in [6.45, 7) is 0.472. The molecule has 0 aliphatic heterocycles. The molecule has 158 valence electrons. The maximum atomic E-state index is 13.5. The topological polar surface area (TPSA) is 76.0 Å². The zero-order valence-corrected chi connectivity index (χ0v) is 16.6. The Balaban J connectivity index is 1.51. The molecule has 10 heteroatoms. The summed E-state index contributed by atoms with van der Waals surface area (Å²) in [4.78, 5) is 24.6. The van der Waals surface area contributed by atoms with E-state index >= 15 is 0 Å². The van der Waals surface area contributed by atoms with Gasteiger partial charge in [-0.25, -0.2) is 4.68 Å². The van der Waals surface area contributed by atoms with Crippen LogP contribution in [0.2, 0.25) is 0 Å². The Bertz CT molecular complexity index is 1070. The molecule has 0 spiro atoms. The molecule has 1 aliphatic carbocycles. The molecule has 2 aromatic heterocycles. The molecule has 2 heterocycles. The minimum Gasteiger partial charge on any atom is -0.354 e. The first-order chi connectivity index (χ1) is 14.3. The number of carbonyl (C=O) groups excluding carboxylic acids is 2. The van der Waals surface area contributed by atoms with Crippen molar-refractivity contribution in [2.24, 2.45) is 5.92 Å². The normalized spacial score (nSPS) is 14.5. The summed E-state index contributed by atoms with van der Waals surface area (Å²) in [5.41, 5.74) is -0.546. The number of carbonyl (C=O) groups is 2. The summed E-state index contributed by atoms with van der Waals surface area (Å²) in [6.07, 6.45) is -1.81. The zero-order valence-electron chi connectivity index (χ0n) is 15.8. The fourth-order valence-electron chi connectivity index (χ4n) is 3.24. The van der Waals surface area contributed by atoms with Crippen LogP contribution in [0.4, 0.5) is 13.2 Å². The smallest absolute Gasteiger partial charge is 0.354 e. The van der Waals surface area contributed by atoms with E-state index in [4.69, 9.17) is 0 Å². The number of aromatic nitrogens is 2. The average Bonchev–Trinajstić information content (AvgIpc) is 3.23. The van der Waals surface area contributed by atoms with Gasteiger partial charge in [-0.2, -0.15) is 18.3 Å². The second-order valence-electron chi connectivity index (χ2n) is 7.10. The Morgan fingerprint density at radius 3 is 2.47 bits per heavy atom. The van der Waals surface area contributed by atoms with E-state index in [2.05, 4.69) is 15.7 Å². The van der Waals surface area contributed by atoms with Crippen molar-refractivity contribution in [2.75, 3.05) is 13.1 Å². The summed E-state index contributed by atoms with van der Waals surface area (Å²) >= 11 is 0.947. The van der Waals surface area contributed by atoms with E-state index in [0.29, 0.717) is 5.69 Å². The Hall–Kier alpha value is -2.88. The number of thiophene rings is 1. The lowest BCUT2D eigenvalue weighted by atomic mass is 9.85. The second-order valence-corrected chi connectivity index (χ2v) is 8.13. The molecule has 2 N–H and O–H groups in total. The molecule has 0 bridgehead atoms. The molecule has 1 aromatic carbocycles. The van der Waals surface area contributed by atoms with Crippen LogP contribution < -0.4 is 10.6 Å². The van der Waals surface area contributed by atoms with Crippen LogP contribution in [-0.4, -0.2) is 34.7 Å². The van der Waals surface area contributed by atoms with E-state index in [0.717, 1.165) is 30.6 Å². The number of amides is 2. The van der Waals surface area contributed by atoms with Crippen molar-refractivity contribution in [1.82, 2.24) is 20.4 Å². The second kappa shape index (κ2) is 8.10. The highest BCUT2D eigenvalue weighted by atomic mass is 32.1. The predicted molar refractivity (Wildman–Crippen MR) is 107 cm³/mol. The van der Waals surface area contributed by atoms with Gasteiger partial charge in [-0.1, -0.05) is 24.6 Å². The zero-order chi connectivity index (χ0) is 21.3. The van der Waals surface area contributed by atoms with Gasteiger partial charge < -0.3 is 10.6 Å². The van der Waals surface area contributed by atoms with Gasteiger partial charge in [0, 0.05) is 24.4 Å². The quantitative estimate of drug-likeness (QED) is 0.578. The van der Waals surface area contributed by atoms with Gasteiger partial charge >= 0.3 is 6.18 Å². The molecule has 30 heavy (non-hydrogen) atoms. The third kappa shape index (κ3) is 4.04. The van der Waals surface area contributed by atoms with Gasteiger partial charge in [0.2, 0.25) is 5.91 Å². The number of hydrogen-bond donors (Lipinski definition) is 2. The first-order valence-corrected chi connectivity index (χ1v) is 10.4. The van der Waals surface area contributed by atoms with Gasteiger partial charge in [0.15, 0.2) is 5.69 Å². The van der Waals surface area contributed by atoms with Crippen LogP contribution in [-0.2, 0) is 11.0 Å². The monoisotopic (exact) mass is 436 g/mol. The largest absolute Gasteiger partial charge is 0.435 e. The third-order valence-corrected chi connectivity index (χ3v) is 6.15. The van der Waals surface area contributed by atoms with Crippen molar-refractivity contribution in [3.63, 3.8) is 0 Å². The standard InChI is InChI=1S/C20H19F3N4O2S/c21-20(22,23)16-14-11-15(18(29)25-10-9-24-17(28)12-5-4-6-12)30-19(14)27(26-16)13-7-2-1-3-8-13/h1-3,7-8,11-12H,4-6,9-10H2,(H,24,28)(H,25,29). The summed E-state index contributed by atoms with van der Waals surface area (Å²) in [5.74, 6) is -0.443. The number of hydrogen-bond acceptors (Lipinski definition) is 4. The first kappa shape index (κ1) is 20.4. The SMILES string of the molecule is O=C(NCCNC(=O)C1CCC1)c1cc2c(C(F)(F)F)nn(-c3ccccc3)c2s1. The maximum absolute atomic E-state index is 13.5. The van der Waals surface area contributed by atoms with Crippen LogP contribution in [0.5, 0.6) is 0 Å². The molecule has 4 rings (SSSR count). The van der Waals surface area contributed by atoms with E-state index in [1.807, 2.05) is 0 Å². The molecule has 0 unspecified atom stereocenters. The molecular weight excluding hydrogens is 417 g/mol. The van der Waals surface area contributed by atoms with Crippen molar-refractivity contribution in [3.8, 4) is 5.69 Å². The summed E-state index contributed by atoms with van der Waals surface area (Å²) in [6, 6.07) is 9.68. The lowest BCUT2D eigenvalue weighted by Gasteiger charge is -2.23. The number of fused-ring (bicyclic) bond motifs is 1. The predicted octanol–water partition coefficient (Wildman–Crippen LogP) is 3.75. The lowest BCUT2D eigenvalue weighted by Crippen LogP contribution is -2.39. The Labute approximate surface area is 174 Å². The first-order valence-electron chi connectivity index (χ1n) is 9.55. The summed E-state index contributed by atoms with van der Waals surface area (Å²) in [5, 5.41) is 9.03.